The average Bonchev–Trinajstić information content (AvgIpc) is 2.28. The smallest absolute Gasteiger partial charge is 0.228 e. The molecule has 2 N–H and O–H groups in total. The van der Waals surface area contributed by atoms with Gasteiger partial charge in [0.2, 0.25) is 5.95 Å². The number of aromatic nitrogens is 2. The molecule has 16 heavy (non-hydrogen) atoms. The number of thioether (sulfide) groups is 1. The first-order valence-corrected chi connectivity index (χ1v) is 7.20. The number of nitrogens with zero attached hydrogens (tertiary/aromatic N) is 3. The van der Waals surface area contributed by atoms with Crippen molar-refractivity contribution in [3.05, 3.63) is 10.7 Å². The largest absolute Gasteiger partial charge is 0.383 e. The Morgan fingerprint density at radius 3 is 3.12 bits per heavy atom. The SMILES string of the molecule is CCC1CN(c2nc(N)cc(Br)n2)CCS1. The summed E-state index contributed by atoms with van der Waals surface area (Å²) in [5.74, 6) is 2.39. The first kappa shape index (κ1) is 12.0. The Morgan fingerprint density at radius 1 is 1.62 bits per heavy atom. The van der Waals surface area contributed by atoms with Gasteiger partial charge in [-0.1, -0.05) is 6.92 Å². The van der Waals surface area contributed by atoms with Crippen molar-refractivity contribution in [1.82, 2.24) is 9.97 Å². The summed E-state index contributed by atoms with van der Waals surface area (Å²) < 4.78 is 0.751. The van der Waals surface area contributed by atoms with E-state index in [0.717, 1.165) is 29.4 Å². The van der Waals surface area contributed by atoms with E-state index < -0.39 is 0 Å². The minimum atomic E-state index is 0.517. The molecule has 1 aromatic rings. The van der Waals surface area contributed by atoms with E-state index >= 15 is 0 Å². The van der Waals surface area contributed by atoms with Gasteiger partial charge in [0.1, 0.15) is 10.4 Å². The molecule has 1 fully saturated rings. The zero-order chi connectivity index (χ0) is 11.5. The molecule has 0 amide bonds. The summed E-state index contributed by atoms with van der Waals surface area (Å²) in [4.78, 5) is 10.9. The molecular weight excluding hydrogens is 288 g/mol. The highest BCUT2D eigenvalue weighted by atomic mass is 79.9. The Hall–Kier alpha value is -0.490. The lowest BCUT2D eigenvalue weighted by Crippen LogP contribution is -2.38. The highest BCUT2D eigenvalue weighted by Gasteiger charge is 2.21. The van der Waals surface area contributed by atoms with Crippen LogP contribution in [0.1, 0.15) is 13.3 Å². The van der Waals surface area contributed by atoms with Crippen molar-refractivity contribution in [1.29, 1.82) is 0 Å². The number of hydrogen-bond acceptors (Lipinski definition) is 5. The standard InChI is InChI=1S/C10H15BrN4S/c1-2-7-6-15(3-4-16-7)10-13-8(11)5-9(12)14-10/h5,7H,2-4,6H2,1H3,(H2,12,13,14). The van der Waals surface area contributed by atoms with Gasteiger partial charge in [0.25, 0.3) is 0 Å². The summed E-state index contributed by atoms with van der Waals surface area (Å²) >= 11 is 5.38. The van der Waals surface area contributed by atoms with Crippen LogP contribution < -0.4 is 10.6 Å². The van der Waals surface area contributed by atoms with Crippen LogP contribution in [0.25, 0.3) is 0 Å². The maximum Gasteiger partial charge on any atom is 0.228 e. The van der Waals surface area contributed by atoms with Crippen molar-refractivity contribution >= 4 is 39.5 Å². The molecule has 2 heterocycles. The number of rotatable bonds is 2. The lowest BCUT2D eigenvalue weighted by molar-refractivity contribution is 0.709. The molecule has 1 aliphatic rings. The third-order valence-corrected chi connectivity index (χ3v) is 4.36. The lowest BCUT2D eigenvalue weighted by Gasteiger charge is -2.31. The minimum Gasteiger partial charge on any atom is -0.383 e. The van der Waals surface area contributed by atoms with Crippen molar-refractivity contribution in [2.24, 2.45) is 0 Å². The van der Waals surface area contributed by atoms with Crippen molar-refractivity contribution in [2.75, 3.05) is 29.5 Å². The van der Waals surface area contributed by atoms with Gasteiger partial charge < -0.3 is 10.6 Å². The van der Waals surface area contributed by atoms with E-state index in [1.807, 2.05) is 11.8 Å². The molecule has 0 aliphatic carbocycles. The van der Waals surface area contributed by atoms with Gasteiger partial charge in [-0.05, 0) is 22.4 Å². The first-order valence-electron chi connectivity index (χ1n) is 5.35. The normalized spacial score (nSPS) is 21.1. The average molecular weight is 303 g/mol. The maximum atomic E-state index is 5.72. The molecule has 0 spiro atoms. The van der Waals surface area contributed by atoms with Crippen LogP contribution in [0.15, 0.2) is 10.7 Å². The number of halogens is 1. The van der Waals surface area contributed by atoms with Gasteiger partial charge in [-0.3, -0.25) is 0 Å². The van der Waals surface area contributed by atoms with Crippen molar-refractivity contribution < 1.29 is 0 Å². The van der Waals surface area contributed by atoms with Gasteiger partial charge in [-0.2, -0.15) is 16.7 Å². The molecule has 1 unspecified atom stereocenters. The molecule has 1 atom stereocenters. The van der Waals surface area contributed by atoms with Crippen LogP contribution in [0.3, 0.4) is 0 Å². The molecule has 2 rings (SSSR count). The number of nitrogens with two attached hydrogens (primary N) is 1. The van der Waals surface area contributed by atoms with Gasteiger partial charge in [-0.25, -0.2) is 4.98 Å². The van der Waals surface area contributed by atoms with Crippen LogP contribution >= 0.6 is 27.7 Å². The summed E-state index contributed by atoms with van der Waals surface area (Å²) in [5.41, 5.74) is 5.72. The summed E-state index contributed by atoms with van der Waals surface area (Å²) in [6, 6.07) is 1.72. The Morgan fingerprint density at radius 2 is 2.44 bits per heavy atom. The first-order chi connectivity index (χ1) is 7.69. The Balaban J connectivity index is 2.16. The summed E-state index contributed by atoms with van der Waals surface area (Å²) in [5, 5.41) is 0.678. The van der Waals surface area contributed by atoms with E-state index in [9.17, 15) is 0 Å². The Labute approximate surface area is 108 Å². The highest BCUT2D eigenvalue weighted by Crippen LogP contribution is 2.25. The highest BCUT2D eigenvalue weighted by molar-refractivity contribution is 9.10. The summed E-state index contributed by atoms with van der Waals surface area (Å²) in [6.07, 6.45) is 1.19. The second kappa shape index (κ2) is 5.23. The van der Waals surface area contributed by atoms with Gasteiger partial charge in [0, 0.05) is 30.2 Å². The minimum absolute atomic E-state index is 0.517. The van der Waals surface area contributed by atoms with Gasteiger partial charge in [0.05, 0.1) is 0 Å². The second-order valence-corrected chi connectivity index (χ2v) is 5.98. The maximum absolute atomic E-state index is 5.72. The fourth-order valence-corrected chi connectivity index (χ4v) is 3.29. The van der Waals surface area contributed by atoms with Gasteiger partial charge >= 0.3 is 0 Å². The summed E-state index contributed by atoms with van der Waals surface area (Å²) in [6.45, 7) is 4.23. The van der Waals surface area contributed by atoms with Gasteiger partial charge in [0.15, 0.2) is 0 Å². The van der Waals surface area contributed by atoms with Gasteiger partial charge in [-0.15, -0.1) is 0 Å². The molecule has 0 bridgehead atoms. The van der Waals surface area contributed by atoms with E-state index in [1.165, 1.54) is 6.42 Å². The zero-order valence-electron chi connectivity index (χ0n) is 9.19. The third-order valence-electron chi connectivity index (χ3n) is 2.58. The van der Waals surface area contributed by atoms with E-state index in [-0.39, 0.29) is 0 Å². The molecular formula is C10H15BrN4S. The molecule has 0 aromatic carbocycles. The van der Waals surface area contributed by atoms with Crippen molar-refractivity contribution in [3.8, 4) is 0 Å². The quantitative estimate of drug-likeness (QED) is 0.849. The van der Waals surface area contributed by atoms with Crippen molar-refractivity contribution in [2.45, 2.75) is 18.6 Å². The predicted octanol–water partition coefficient (Wildman–Crippen LogP) is 2.15. The monoisotopic (exact) mass is 302 g/mol. The molecule has 0 radical (unpaired) electrons. The van der Waals surface area contributed by atoms with Crippen LogP contribution in [-0.4, -0.2) is 34.1 Å². The van der Waals surface area contributed by atoms with Crippen LogP contribution in [0.5, 0.6) is 0 Å². The summed E-state index contributed by atoms with van der Waals surface area (Å²) in [7, 11) is 0. The Kier molecular flexibility index (Phi) is 3.91. The van der Waals surface area contributed by atoms with E-state index in [1.54, 1.807) is 6.07 Å². The number of anilines is 2. The lowest BCUT2D eigenvalue weighted by atomic mass is 10.3. The van der Waals surface area contributed by atoms with Crippen LogP contribution in [0.2, 0.25) is 0 Å². The van der Waals surface area contributed by atoms with Crippen LogP contribution in [0, 0.1) is 0 Å². The zero-order valence-corrected chi connectivity index (χ0v) is 11.6. The topological polar surface area (TPSA) is 55.0 Å². The Bertz CT molecular complexity index is 354. The van der Waals surface area contributed by atoms with E-state index in [0.29, 0.717) is 11.1 Å². The third kappa shape index (κ3) is 2.79. The molecule has 4 nitrogen and oxygen atoms in total. The molecule has 1 saturated heterocycles. The van der Waals surface area contributed by atoms with E-state index in [4.69, 9.17) is 5.73 Å². The predicted molar refractivity (Wildman–Crippen MR) is 72.9 cm³/mol. The molecule has 1 aliphatic heterocycles. The molecule has 6 heteroatoms. The molecule has 1 aromatic heterocycles. The van der Waals surface area contributed by atoms with Crippen LogP contribution in [-0.2, 0) is 0 Å². The van der Waals surface area contributed by atoms with E-state index in [2.05, 4.69) is 37.7 Å². The fraction of sp³-hybridized carbons (Fsp3) is 0.600. The second-order valence-electron chi connectivity index (χ2n) is 3.76. The number of nitrogen functional groups attached to an aromatic ring is 1. The van der Waals surface area contributed by atoms with Crippen molar-refractivity contribution in [3.63, 3.8) is 0 Å². The van der Waals surface area contributed by atoms with Crippen LogP contribution in [0.4, 0.5) is 11.8 Å². The molecule has 88 valence electrons. The molecule has 0 saturated carbocycles. The fourth-order valence-electron chi connectivity index (χ4n) is 1.71. The number of hydrogen-bond donors (Lipinski definition) is 1.